The first-order chi connectivity index (χ1) is 15.9. The minimum Gasteiger partial charge on any atom is -0.455 e. The lowest BCUT2D eigenvalue weighted by Gasteiger charge is -2.25. The molecule has 0 bridgehead atoms. The van der Waals surface area contributed by atoms with Crippen LogP contribution in [0.15, 0.2) is 67.0 Å². The van der Waals surface area contributed by atoms with Gasteiger partial charge in [0.05, 0.1) is 12.6 Å². The molecule has 6 rings (SSSR count). The number of rotatable bonds is 2. The van der Waals surface area contributed by atoms with Crippen molar-refractivity contribution in [3.63, 3.8) is 0 Å². The van der Waals surface area contributed by atoms with E-state index in [1.807, 2.05) is 6.33 Å². The van der Waals surface area contributed by atoms with Crippen molar-refractivity contribution in [3.05, 3.63) is 83.7 Å². The van der Waals surface area contributed by atoms with Gasteiger partial charge in [0.15, 0.2) is 11.2 Å². The Kier molecular flexibility index (Phi) is 4.31. The van der Waals surface area contributed by atoms with Crippen LogP contribution < -0.4 is 9.30 Å². The molecule has 3 heteroatoms. The fourth-order valence-electron chi connectivity index (χ4n) is 5.21. The average molecular weight is 432 g/mol. The molecular weight excluding hydrogens is 404 g/mol. The van der Waals surface area contributed by atoms with E-state index < -0.39 is 0 Å². The van der Waals surface area contributed by atoms with Crippen LogP contribution in [0.4, 0.5) is 0 Å². The SMILES string of the molecule is Cc1c2c(c(C)c3ccccc13)-c1c3c(cc(-c4ccc(C(C)C)cc4)cc3nc[n+]1C)O2. The molecule has 1 aliphatic heterocycles. The maximum absolute atomic E-state index is 6.70. The fraction of sp³-hybridized carbons (Fsp3) is 0.200. The van der Waals surface area contributed by atoms with Crippen molar-refractivity contribution in [2.45, 2.75) is 33.6 Å². The summed E-state index contributed by atoms with van der Waals surface area (Å²) in [5.41, 5.74) is 9.36. The van der Waals surface area contributed by atoms with Crippen LogP contribution in [-0.2, 0) is 7.05 Å². The third-order valence-electron chi connectivity index (χ3n) is 7.08. The first-order valence-corrected chi connectivity index (χ1v) is 11.6. The summed E-state index contributed by atoms with van der Waals surface area (Å²) in [5.74, 6) is 2.34. The highest BCUT2D eigenvalue weighted by Crippen LogP contribution is 2.50. The molecule has 1 aromatic heterocycles. The Morgan fingerprint density at radius 3 is 2.24 bits per heavy atom. The quantitative estimate of drug-likeness (QED) is 0.267. The lowest BCUT2D eigenvalue weighted by molar-refractivity contribution is -0.662. The van der Waals surface area contributed by atoms with E-state index in [1.54, 1.807) is 0 Å². The number of aromatic nitrogens is 2. The molecule has 0 aliphatic carbocycles. The second-order valence-corrected chi connectivity index (χ2v) is 9.45. The van der Waals surface area contributed by atoms with Gasteiger partial charge in [0.1, 0.15) is 16.9 Å². The Bertz CT molecular complexity index is 1580. The van der Waals surface area contributed by atoms with Gasteiger partial charge in [-0.05, 0) is 69.9 Å². The first kappa shape index (κ1) is 19.9. The molecule has 3 nitrogen and oxygen atoms in total. The molecule has 0 unspecified atom stereocenters. The first-order valence-electron chi connectivity index (χ1n) is 11.6. The maximum Gasteiger partial charge on any atom is 0.287 e. The molecule has 4 aromatic carbocycles. The lowest BCUT2D eigenvalue weighted by Crippen LogP contribution is -2.33. The van der Waals surface area contributed by atoms with E-state index in [0.717, 1.165) is 28.0 Å². The Labute approximate surface area is 194 Å². The third kappa shape index (κ3) is 2.88. The van der Waals surface area contributed by atoms with E-state index in [0.29, 0.717) is 5.92 Å². The van der Waals surface area contributed by atoms with Crippen LogP contribution in [-0.4, -0.2) is 4.98 Å². The molecule has 162 valence electrons. The molecule has 0 spiro atoms. The van der Waals surface area contributed by atoms with Crippen molar-refractivity contribution < 1.29 is 9.30 Å². The normalized spacial score (nSPS) is 12.3. The summed E-state index contributed by atoms with van der Waals surface area (Å²) >= 11 is 0. The predicted octanol–water partition coefficient (Wildman–Crippen LogP) is 7.39. The summed E-state index contributed by atoms with van der Waals surface area (Å²) in [6.07, 6.45) is 1.92. The number of hydrogen-bond donors (Lipinski definition) is 0. The molecule has 0 fully saturated rings. The fourth-order valence-corrected chi connectivity index (χ4v) is 5.21. The van der Waals surface area contributed by atoms with Crippen molar-refractivity contribution in [2.24, 2.45) is 7.05 Å². The smallest absolute Gasteiger partial charge is 0.287 e. The minimum atomic E-state index is 0.516. The van der Waals surface area contributed by atoms with Gasteiger partial charge in [-0.1, -0.05) is 62.4 Å². The number of fused-ring (bicyclic) bond motifs is 3. The van der Waals surface area contributed by atoms with E-state index >= 15 is 0 Å². The molecule has 5 aromatic rings. The van der Waals surface area contributed by atoms with Gasteiger partial charge in [0, 0.05) is 5.56 Å². The van der Waals surface area contributed by atoms with E-state index in [9.17, 15) is 0 Å². The summed E-state index contributed by atoms with van der Waals surface area (Å²) in [5, 5.41) is 3.59. The Balaban J connectivity index is 1.64. The van der Waals surface area contributed by atoms with E-state index in [4.69, 9.17) is 9.72 Å². The van der Waals surface area contributed by atoms with Crippen LogP contribution in [0, 0.1) is 13.8 Å². The highest BCUT2D eigenvalue weighted by molar-refractivity contribution is 6.06. The summed E-state index contributed by atoms with van der Waals surface area (Å²) in [6, 6.07) is 21.8. The zero-order valence-electron chi connectivity index (χ0n) is 19.7. The molecule has 0 saturated carbocycles. The van der Waals surface area contributed by atoms with E-state index in [-0.39, 0.29) is 0 Å². The molecular formula is C30H27N2O+. The maximum atomic E-state index is 6.70. The van der Waals surface area contributed by atoms with Crippen LogP contribution in [0.5, 0.6) is 11.5 Å². The second kappa shape index (κ2) is 7.14. The van der Waals surface area contributed by atoms with Gasteiger partial charge in [-0.15, -0.1) is 0 Å². The van der Waals surface area contributed by atoms with Gasteiger partial charge in [-0.25, -0.2) is 4.57 Å². The Morgan fingerprint density at radius 2 is 1.55 bits per heavy atom. The van der Waals surface area contributed by atoms with Gasteiger partial charge in [-0.2, -0.15) is 0 Å². The molecule has 0 radical (unpaired) electrons. The summed E-state index contributed by atoms with van der Waals surface area (Å²) in [7, 11) is 2.07. The van der Waals surface area contributed by atoms with Crippen molar-refractivity contribution in [2.75, 3.05) is 0 Å². The van der Waals surface area contributed by atoms with E-state index in [2.05, 4.69) is 100.0 Å². The van der Waals surface area contributed by atoms with Crippen LogP contribution >= 0.6 is 0 Å². The number of hydrogen-bond acceptors (Lipinski definition) is 2. The number of benzene rings is 4. The topological polar surface area (TPSA) is 26.0 Å². The molecule has 0 N–H and O–H groups in total. The molecule has 0 saturated heterocycles. The van der Waals surface area contributed by atoms with Crippen LogP contribution in [0.3, 0.4) is 0 Å². The van der Waals surface area contributed by atoms with Gasteiger partial charge in [0.2, 0.25) is 0 Å². The monoisotopic (exact) mass is 431 g/mol. The van der Waals surface area contributed by atoms with Crippen molar-refractivity contribution in [3.8, 4) is 33.9 Å². The molecule has 1 aliphatic rings. The van der Waals surface area contributed by atoms with Crippen molar-refractivity contribution in [1.82, 2.24) is 4.98 Å². The standard InChI is InChI=1S/C30H27N2O/c1-17(2)20-10-12-21(13-11-20)22-14-25-28-26(15-22)33-30-19(4)24-9-7-6-8-23(24)18(3)27(30)29(28)32(5)16-31-25/h6-17H,1-5H3/q+1. The van der Waals surface area contributed by atoms with Crippen LogP contribution in [0.25, 0.3) is 44.1 Å². The number of aryl methyl sites for hydroxylation is 3. The number of nitrogens with zero attached hydrogens (tertiary/aromatic N) is 2. The highest BCUT2D eigenvalue weighted by atomic mass is 16.5. The lowest BCUT2D eigenvalue weighted by atomic mass is 9.89. The predicted molar refractivity (Wildman–Crippen MR) is 135 cm³/mol. The van der Waals surface area contributed by atoms with Crippen molar-refractivity contribution >= 4 is 21.7 Å². The summed E-state index contributed by atoms with van der Waals surface area (Å²) < 4.78 is 8.83. The van der Waals surface area contributed by atoms with Gasteiger partial charge in [-0.3, -0.25) is 0 Å². The molecule has 0 amide bonds. The second-order valence-electron chi connectivity index (χ2n) is 9.45. The third-order valence-corrected chi connectivity index (χ3v) is 7.08. The van der Waals surface area contributed by atoms with Crippen LogP contribution in [0.2, 0.25) is 0 Å². The van der Waals surface area contributed by atoms with Gasteiger partial charge in [0.25, 0.3) is 6.33 Å². The molecule has 0 atom stereocenters. The number of ether oxygens (including phenoxy) is 1. The Morgan fingerprint density at radius 1 is 0.848 bits per heavy atom. The zero-order valence-corrected chi connectivity index (χ0v) is 19.7. The largest absolute Gasteiger partial charge is 0.455 e. The van der Waals surface area contributed by atoms with Crippen molar-refractivity contribution in [1.29, 1.82) is 0 Å². The molecule has 2 heterocycles. The average Bonchev–Trinajstić information content (AvgIpc) is 2.84. The van der Waals surface area contributed by atoms with Gasteiger partial charge < -0.3 is 4.74 Å². The highest BCUT2D eigenvalue weighted by Gasteiger charge is 2.31. The van der Waals surface area contributed by atoms with E-state index in [1.165, 1.54) is 44.3 Å². The zero-order chi connectivity index (χ0) is 22.9. The minimum absolute atomic E-state index is 0.516. The summed E-state index contributed by atoms with van der Waals surface area (Å²) in [6.45, 7) is 8.81. The van der Waals surface area contributed by atoms with Crippen LogP contribution in [0.1, 0.15) is 36.5 Å². The Hall–Kier alpha value is -3.72. The van der Waals surface area contributed by atoms with Gasteiger partial charge >= 0.3 is 0 Å². The summed E-state index contributed by atoms with van der Waals surface area (Å²) in [4.78, 5) is 4.79. The molecule has 33 heavy (non-hydrogen) atoms.